The largest absolute Gasteiger partial charge is 0.394 e. The second-order valence-corrected chi connectivity index (χ2v) is 4.17. The van der Waals surface area contributed by atoms with Crippen LogP contribution in [0.5, 0.6) is 0 Å². The van der Waals surface area contributed by atoms with E-state index < -0.39 is 43.1 Å². The van der Waals surface area contributed by atoms with E-state index in [1.807, 2.05) is 0 Å². The minimum absolute atomic E-state index is 0.0667. The fraction of sp³-hybridized carbons (Fsp3) is 0.600. The lowest BCUT2D eigenvalue weighted by Gasteiger charge is -2.38. The predicted molar refractivity (Wildman–Crippen MR) is 59.7 cm³/mol. The van der Waals surface area contributed by atoms with Gasteiger partial charge < -0.3 is 20.7 Å². The second-order valence-electron chi connectivity index (χ2n) is 4.17. The zero-order chi connectivity index (χ0) is 14.2. The molecule has 1 unspecified atom stereocenters. The van der Waals surface area contributed by atoms with E-state index in [4.69, 9.17) is 15.6 Å². The molecule has 7 nitrogen and oxygen atoms in total. The minimum Gasteiger partial charge on any atom is -0.394 e. The molecule has 106 valence electrons. The summed E-state index contributed by atoms with van der Waals surface area (Å²) in [6.07, 6.45) is -8.16. The number of aliphatic hydroxyl groups excluding tert-OH is 2. The van der Waals surface area contributed by atoms with Crippen LogP contribution >= 0.6 is 0 Å². The number of alkyl halides is 2. The number of ether oxygens (including phenoxy) is 1. The average Bonchev–Trinajstić information content (AvgIpc) is 2.38. The molecule has 4 N–H and O–H groups in total. The molecule has 2 heterocycles. The summed E-state index contributed by atoms with van der Waals surface area (Å²) < 4.78 is 33.1. The Bertz CT molecular complexity index is 510. The van der Waals surface area contributed by atoms with E-state index in [0.717, 1.165) is 10.8 Å². The first kappa shape index (κ1) is 13.8. The van der Waals surface area contributed by atoms with Crippen molar-refractivity contribution < 1.29 is 23.7 Å². The summed E-state index contributed by atoms with van der Waals surface area (Å²) in [6.45, 7) is -0.706. The fourth-order valence-electron chi connectivity index (χ4n) is 1.87. The van der Waals surface area contributed by atoms with Crippen LogP contribution in [0.15, 0.2) is 17.1 Å². The predicted octanol–water partition coefficient (Wildman–Crippen LogP) is -1.25. The van der Waals surface area contributed by atoms with Crippen molar-refractivity contribution in [1.29, 1.82) is 0 Å². The van der Waals surface area contributed by atoms with Gasteiger partial charge in [-0.05, 0) is 6.07 Å². The SMILES string of the molecule is Nc1ccn([C@@H]2O[C@H](CO)[C@@H](O)[C@H](F)C2F)c(=O)n1. The molecule has 0 aliphatic carbocycles. The van der Waals surface area contributed by atoms with Gasteiger partial charge in [0.1, 0.15) is 18.0 Å². The summed E-state index contributed by atoms with van der Waals surface area (Å²) >= 11 is 0. The molecule has 1 aliphatic heterocycles. The smallest absolute Gasteiger partial charge is 0.351 e. The van der Waals surface area contributed by atoms with Crippen LogP contribution in [0.25, 0.3) is 0 Å². The van der Waals surface area contributed by atoms with Crippen molar-refractivity contribution in [2.24, 2.45) is 0 Å². The zero-order valence-electron chi connectivity index (χ0n) is 9.69. The van der Waals surface area contributed by atoms with Gasteiger partial charge in [0.2, 0.25) is 0 Å². The lowest BCUT2D eigenvalue weighted by atomic mass is 10.0. The quantitative estimate of drug-likeness (QED) is 0.623. The van der Waals surface area contributed by atoms with Crippen LogP contribution in [-0.4, -0.2) is 50.9 Å². The highest BCUT2D eigenvalue weighted by molar-refractivity contribution is 5.23. The van der Waals surface area contributed by atoms with Crippen molar-refractivity contribution in [1.82, 2.24) is 9.55 Å². The monoisotopic (exact) mass is 277 g/mol. The van der Waals surface area contributed by atoms with Gasteiger partial charge in [-0.1, -0.05) is 0 Å². The molecule has 19 heavy (non-hydrogen) atoms. The summed E-state index contributed by atoms with van der Waals surface area (Å²) in [4.78, 5) is 14.9. The van der Waals surface area contributed by atoms with Crippen molar-refractivity contribution in [3.8, 4) is 0 Å². The van der Waals surface area contributed by atoms with Crippen LogP contribution in [0.2, 0.25) is 0 Å². The zero-order valence-corrected chi connectivity index (χ0v) is 9.69. The number of nitrogens with zero attached hydrogens (tertiary/aromatic N) is 2. The molecule has 0 radical (unpaired) electrons. The summed E-state index contributed by atoms with van der Waals surface area (Å²) in [5.41, 5.74) is 4.37. The summed E-state index contributed by atoms with van der Waals surface area (Å²) in [5, 5.41) is 18.3. The lowest BCUT2D eigenvalue weighted by molar-refractivity contribution is -0.220. The summed E-state index contributed by atoms with van der Waals surface area (Å²) in [7, 11) is 0. The number of nitrogens with two attached hydrogens (primary N) is 1. The Morgan fingerprint density at radius 1 is 1.47 bits per heavy atom. The highest BCUT2D eigenvalue weighted by Gasteiger charge is 2.47. The van der Waals surface area contributed by atoms with Gasteiger partial charge in [-0.3, -0.25) is 4.57 Å². The number of aromatic nitrogens is 2. The fourth-order valence-corrected chi connectivity index (χ4v) is 1.87. The lowest BCUT2D eigenvalue weighted by Crippen LogP contribution is -2.54. The number of aliphatic hydroxyl groups is 2. The molecule has 1 aromatic heterocycles. The number of hydrogen-bond donors (Lipinski definition) is 3. The molecule has 0 spiro atoms. The Hall–Kier alpha value is -1.58. The van der Waals surface area contributed by atoms with Gasteiger partial charge in [-0.15, -0.1) is 0 Å². The average molecular weight is 277 g/mol. The molecule has 0 amide bonds. The van der Waals surface area contributed by atoms with Crippen LogP contribution in [0.4, 0.5) is 14.6 Å². The third kappa shape index (κ3) is 2.44. The third-order valence-corrected chi connectivity index (χ3v) is 2.90. The van der Waals surface area contributed by atoms with Crippen molar-refractivity contribution in [3.05, 3.63) is 22.7 Å². The Balaban J connectivity index is 2.35. The Morgan fingerprint density at radius 2 is 2.16 bits per heavy atom. The third-order valence-electron chi connectivity index (χ3n) is 2.90. The molecule has 1 aromatic rings. The van der Waals surface area contributed by atoms with Gasteiger partial charge in [-0.25, -0.2) is 13.6 Å². The van der Waals surface area contributed by atoms with E-state index in [0.29, 0.717) is 0 Å². The highest BCUT2D eigenvalue weighted by atomic mass is 19.2. The Morgan fingerprint density at radius 3 is 2.74 bits per heavy atom. The molecule has 1 fully saturated rings. The van der Waals surface area contributed by atoms with Gasteiger partial charge in [0, 0.05) is 6.20 Å². The van der Waals surface area contributed by atoms with E-state index in [-0.39, 0.29) is 5.82 Å². The van der Waals surface area contributed by atoms with Gasteiger partial charge >= 0.3 is 5.69 Å². The summed E-state index contributed by atoms with van der Waals surface area (Å²) in [6, 6.07) is 1.23. The molecule has 2 rings (SSSR count). The van der Waals surface area contributed by atoms with E-state index in [9.17, 15) is 18.7 Å². The molecule has 1 saturated heterocycles. The van der Waals surface area contributed by atoms with Crippen molar-refractivity contribution in [2.75, 3.05) is 12.3 Å². The number of hydrogen-bond acceptors (Lipinski definition) is 6. The normalized spacial score (nSPS) is 35.3. The maximum Gasteiger partial charge on any atom is 0.351 e. The second kappa shape index (κ2) is 5.19. The number of anilines is 1. The molecule has 5 atom stereocenters. The van der Waals surface area contributed by atoms with Crippen LogP contribution in [0, 0.1) is 0 Å². The molecular formula is C10H13F2N3O4. The maximum absolute atomic E-state index is 13.8. The molecule has 9 heteroatoms. The van der Waals surface area contributed by atoms with Crippen molar-refractivity contribution >= 4 is 5.82 Å². The van der Waals surface area contributed by atoms with Gasteiger partial charge in [0.15, 0.2) is 18.6 Å². The molecule has 1 aliphatic rings. The maximum atomic E-state index is 13.8. The first-order chi connectivity index (χ1) is 8.95. The minimum atomic E-state index is -2.28. The molecule has 0 saturated carbocycles. The molecule has 0 aromatic carbocycles. The highest BCUT2D eigenvalue weighted by Crippen LogP contribution is 2.31. The Labute approximate surface area is 106 Å². The van der Waals surface area contributed by atoms with Crippen molar-refractivity contribution in [3.63, 3.8) is 0 Å². The summed E-state index contributed by atoms with van der Waals surface area (Å²) in [5.74, 6) is -0.0667. The van der Waals surface area contributed by atoms with Gasteiger partial charge in [-0.2, -0.15) is 4.98 Å². The van der Waals surface area contributed by atoms with Gasteiger partial charge in [0.05, 0.1) is 6.61 Å². The standard InChI is InChI=1S/C10H13F2N3O4/c11-6-7(12)9(19-4(3-16)8(6)17)15-2-1-5(13)14-10(15)18/h1-2,4,6-9,16-17H,3H2,(H2,13,14,18)/t4-,6-,7?,8-,9-/m1/s1. The van der Waals surface area contributed by atoms with Crippen LogP contribution < -0.4 is 11.4 Å². The number of rotatable bonds is 2. The number of nitrogen functional groups attached to an aromatic ring is 1. The van der Waals surface area contributed by atoms with Crippen LogP contribution in [0.1, 0.15) is 6.23 Å². The van der Waals surface area contributed by atoms with E-state index >= 15 is 0 Å². The van der Waals surface area contributed by atoms with Gasteiger partial charge in [0.25, 0.3) is 0 Å². The van der Waals surface area contributed by atoms with E-state index in [1.54, 1.807) is 0 Å². The van der Waals surface area contributed by atoms with Crippen LogP contribution in [-0.2, 0) is 4.74 Å². The van der Waals surface area contributed by atoms with Crippen molar-refractivity contribution in [2.45, 2.75) is 30.8 Å². The van der Waals surface area contributed by atoms with E-state index in [1.165, 1.54) is 6.07 Å². The number of halogens is 2. The topological polar surface area (TPSA) is 111 Å². The first-order valence-corrected chi connectivity index (χ1v) is 5.53. The van der Waals surface area contributed by atoms with Crippen LogP contribution in [0.3, 0.4) is 0 Å². The first-order valence-electron chi connectivity index (χ1n) is 5.53. The molecule has 0 bridgehead atoms. The Kier molecular flexibility index (Phi) is 3.78. The molecular weight excluding hydrogens is 264 g/mol. The van der Waals surface area contributed by atoms with E-state index in [2.05, 4.69) is 4.98 Å².